The van der Waals surface area contributed by atoms with Gasteiger partial charge in [0.15, 0.2) is 0 Å². The number of nitrogens with zero attached hydrogens (tertiary/aromatic N) is 1. The first-order chi connectivity index (χ1) is 6.08. The molecule has 2 N–H and O–H groups in total. The van der Waals surface area contributed by atoms with Crippen molar-refractivity contribution in [2.75, 3.05) is 20.6 Å². The smallest absolute Gasteiger partial charge is 0.00392 e. The summed E-state index contributed by atoms with van der Waals surface area (Å²) < 4.78 is 0. The summed E-state index contributed by atoms with van der Waals surface area (Å²) >= 11 is 0. The molecule has 1 aliphatic rings. The van der Waals surface area contributed by atoms with E-state index in [-0.39, 0.29) is 0 Å². The first-order valence-electron chi connectivity index (χ1n) is 5.48. The maximum atomic E-state index is 5.93. The van der Waals surface area contributed by atoms with E-state index in [4.69, 9.17) is 5.73 Å². The van der Waals surface area contributed by atoms with Gasteiger partial charge in [-0.1, -0.05) is 6.92 Å². The van der Waals surface area contributed by atoms with Gasteiger partial charge in [0.05, 0.1) is 0 Å². The number of nitrogens with two attached hydrogens (primary N) is 1. The van der Waals surface area contributed by atoms with Gasteiger partial charge >= 0.3 is 0 Å². The summed E-state index contributed by atoms with van der Waals surface area (Å²) in [6.45, 7) is 3.55. The minimum absolute atomic E-state index is 0.474. The highest BCUT2D eigenvalue weighted by atomic mass is 15.1. The van der Waals surface area contributed by atoms with Crippen LogP contribution in [-0.4, -0.2) is 31.6 Å². The van der Waals surface area contributed by atoms with Crippen molar-refractivity contribution in [2.24, 2.45) is 11.1 Å². The molecule has 0 radical (unpaired) electrons. The lowest BCUT2D eigenvalue weighted by molar-refractivity contribution is 0.120. The Labute approximate surface area is 82.5 Å². The van der Waals surface area contributed by atoms with E-state index in [0.29, 0.717) is 11.5 Å². The molecule has 1 aliphatic carbocycles. The van der Waals surface area contributed by atoms with Crippen molar-refractivity contribution in [2.45, 2.75) is 45.1 Å². The van der Waals surface area contributed by atoms with Gasteiger partial charge in [0.25, 0.3) is 0 Å². The second-order valence-corrected chi connectivity index (χ2v) is 4.93. The van der Waals surface area contributed by atoms with Crippen LogP contribution in [-0.2, 0) is 0 Å². The van der Waals surface area contributed by atoms with Crippen molar-refractivity contribution in [1.82, 2.24) is 4.90 Å². The number of hydrogen-bond acceptors (Lipinski definition) is 2. The van der Waals surface area contributed by atoms with Crippen LogP contribution < -0.4 is 5.73 Å². The Balaban J connectivity index is 2.50. The lowest BCUT2D eigenvalue weighted by Crippen LogP contribution is -2.40. The zero-order valence-corrected chi connectivity index (χ0v) is 9.34. The van der Waals surface area contributed by atoms with E-state index in [1.54, 1.807) is 0 Å². The monoisotopic (exact) mass is 184 g/mol. The van der Waals surface area contributed by atoms with Gasteiger partial charge in [-0.25, -0.2) is 0 Å². The second kappa shape index (κ2) is 4.43. The van der Waals surface area contributed by atoms with Gasteiger partial charge in [0.2, 0.25) is 0 Å². The van der Waals surface area contributed by atoms with Crippen LogP contribution in [0.3, 0.4) is 0 Å². The maximum Gasteiger partial charge on any atom is 0.00392 e. The van der Waals surface area contributed by atoms with Crippen molar-refractivity contribution >= 4 is 0 Å². The third kappa shape index (κ3) is 2.96. The summed E-state index contributed by atoms with van der Waals surface area (Å²) in [6, 6.07) is 0.474. The summed E-state index contributed by atoms with van der Waals surface area (Å²) in [5, 5.41) is 0. The van der Waals surface area contributed by atoms with Gasteiger partial charge < -0.3 is 10.6 Å². The van der Waals surface area contributed by atoms with Crippen LogP contribution in [0.2, 0.25) is 0 Å². The fourth-order valence-corrected chi connectivity index (χ4v) is 2.55. The Morgan fingerprint density at radius 3 is 2.23 bits per heavy atom. The molecule has 0 unspecified atom stereocenters. The largest absolute Gasteiger partial charge is 0.328 e. The molecule has 0 bridgehead atoms. The Morgan fingerprint density at radius 2 is 1.85 bits per heavy atom. The molecule has 0 saturated heterocycles. The summed E-state index contributed by atoms with van der Waals surface area (Å²) in [5.74, 6) is 0. The summed E-state index contributed by atoms with van der Waals surface area (Å²) in [5.41, 5.74) is 6.50. The molecule has 1 rings (SSSR count). The number of hydrogen-bond donors (Lipinski definition) is 1. The third-order valence-corrected chi connectivity index (χ3v) is 3.49. The van der Waals surface area contributed by atoms with Crippen molar-refractivity contribution in [3.63, 3.8) is 0 Å². The molecule has 1 saturated carbocycles. The zero-order valence-electron chi connectivity index (χ0n) is 9.34. The molecule has 0 aliphatic heterocycles. The molecule has 78 valence electrons. The first kappa shape index (κ1) is 11.0. The van der Waals surface area contributed by atoms with Crippen molar-refractivity contribution < 1.29 is 0 Å². The first-order valence-corrected chi connectivity index (χ1v) is 5.48. The minimum atomic E-state index is 0.474. The molecule has 0 aromatic rings. The number of rotatable bonds is 3. The van der Waals surface area contributed by atoms with Gasteiger partial charge in [0.1, 0.15) is 0 Å². The molecule has 13 heavy (non-hydrogen) atoms. The third-order valence-electron chi connectivity index (χ3n) is 3.49. The van der Waals surface area contributed by atoms with E-state index in [1.807, 2.05) is 0 Å². The summed E-state index contributed by atoms with van der Waals surface area (Å²) in [6.07, 6.45) is 6.40. The lowest BCUT2D eigenvalue weighted by atomic mass is 9.70. The van der Waals surface area contributed by atoms with Crippen molar-refractivity contribution in [3.8, 4) is 0 Å². The van der Waals surface area contributed by atoms with Crippen LogP contribution in [0.1, 0.15) is 39.0 Å². The fourth-order valence-electron chi connectivity index (χ4n) is 2.55. The van der Waals surface area contributed by atoms with Crippen LogP contribution in [0.25, 0.3) is 0 Å². The van der Waals surface area contributed by atoms with Crippen molar-refractivity contribution in [3.05, 3.63) is 0 Å². The van der Waals surface area contributed by atoms with Crippen LogP contribution >= 0.6 is 0 Å². The maximum absolute atomic E-state index is 5.93. The molecule has 0 heterocycles. The second-order valence-electron chi connectivity index (χ2n) is 4.93. The van der Waals surface area contributed by atoms with E-state index < -0.39 is 0 Å². The molecule has 0 amide bonds. The highest BCUT2D eigenvalue weighted by molar-refractivity contribution is 4.87. The molecule has 0 aromatic carbocycles. The standard InChI is InChI=1S/C11H24N2/c1-4-11(9-13(2)3)7-5-10(12)6-8-11/h10H,4-9,12H2,1-3H3. The Kier molecular flexibility index (Phi) is 3.74. The van der Waals surface area contributed by atoms with Gasteiger partial charge in [0, 0.05) is 12.6 Å². The van der Waals surface area contributed by atoms with Crippen LogP contribution in [0.15, 0.2) is 0 Å². The van der Waals surface area contributed by atoms with Crippen LogP contribution in [0.4, 0.5) is 0 Å². The van der Waals surface area contributed by atoms with E-state index >= 15 is 0 Å². The van der Waals surface area contributed by atoms with E-state index in [2.05, 4.69) is 25.9 Å². The average Bonchev–Trinajstić information content (AvgIpc) is 2.09. The molecule has 2 heteroatoms. The summed E-state index contributed by atoms with van der Waals surface area (Å²) in [4.78, 5) is 2.32. The SMILES string of the molecule is CCC1(CN(C)C)CCC(N)CC1. The van der Waals surface area contributed by atoms with Crippen LogP contribution in [0.5, 0.6) is 0 Å². The molecule has 0 spiro atoms. The Bertz CT molecular complexity index is 146. The van der Waals surface area contributed by atoms with Gasteiger partial charge in [-0.15, -0.1) is 0 Å². The molecule has 0 aromatic heterocycles. The van der Waals surface area contributed by atoms with Gasteiger partial charge in [-0.05, 0) is 51.6 Å². The van der Waals surface area contributed by atoms with E-state index in [1.165, 1.54) is 38.6 Å². The molecule has 2 nitrogen and oxygen atoms in total. The quantitative estimate of drug-likeness (QED) is 0.725. The topological polar surface area (TPSA) is 29.3 Å². The van der Waals surface area contributed by atoms with E-state index in [0.717, 1.165) is 0 Å². The van der Waals surface area contributed by atoms with Crippen molar-refractivity contribution in [1.29, 1.82) is 0 Å². The molecule has 0 atom stereocenters. The summed E-state index contributed by atoms with van der Waals surface area (Å²) in [7, 11) is 4.35. The Hall–Kier alpha value is -0.0800. The minimum Gasteiger partial charge on any atom is -0.328 e. The predicted molar refractivity (Wildman–Crippen MR) is 57.7 cm³/mol. The zero-order chi connectivity index (χ0) is 9.90. The predicted octanol–water partition coefficient (Wildman–Crippen LogP) is 1.85. The van der Waals surface area contributed by atoms with E-state index in [9.17, 15) is 0 Å². The lowest BCUT2D eigenvalue weighted by Gasteiger charge is -2.40. The average molecular weight is 184 g/mol. The molecular weight excluding hydrogens is 160 g/mol. The molecular formula is C11H24N2. The molecule has 1 fully saturated rings. The fraction of sp³-hybridized carbons (Fsp3) is 1.00. The van der Waals surface area contributed by atoms with Crippen LogP contribution in [0, 0.1) is 5.41 Å². The van der Waals surface area contributed by atoms with Gasteiger partial charge in [-0.2, -0.15) is 0 Å². The highest BCUT2D eigenvalue weighted by Gasteiger charge is 2.32. The normalized spacial score (nSPS) is 35.3. The highest BCUT2D eigenvalue weighted by Crippen LogP contribution is 2.38. The van der Waals surface area contributed by atoms with Gasteiger partial charge in [-0.3, -0.25) is 0 Å². The Morgan fingerprint density at radius 1 is 1.31 bits per heavy atom.